The molecule has 0 saturated carbocycles. The second-order valence-corrected chi connectivity index (χ2v) is 7.77. The van der Waals surface area contributed by atoms with Gasteiger partial charge in [-0.1, -0.05) is 66.5 Å². The highest BCUT2D eigenvalue weighted by Crippen LogP contribution is 2.28. The molecule has 0 saturated heterocycles. The Morgan fingerprint density at radius 1 is 1.06 bits per heavy atom. The summed E-state index contributed by atoms with van der Waals surface area (Å²) in [5, 5.41) is 18.5. The number of nitrogens with one attached hydrogen (secondary N) is 2. The van der Waals surface area contributed by atoms with E-state index >= 15 is 0 Å². The molecule has 0 spiro atoms. The SMILES string of the molecule is CC[C@@H](NC(=O)c1ccc(NCc2ccc(Cl)cc2Cl)c([N+](=O)[O-])c1)c1ccccc1. The lowest BCUT2D eigenvalue weighted by Crippen LogP contribution is -2.28. The largest absolute Gasteiger partial charge is 0.375 e. The lowest BCUT2D eigenvalue weighted by Gasteiger charge is -2.17. The number of halogens is 2. The van der Waals surface area contributed by atoms with E-state index in [1.165, 1.54) is 12.1 Å². The zero-order valence-electron chi connectivity index (χ0n) is 16.8. The molecule has 0 aromatic heterocycles. The summed E-state index contributed by atoms with van der Waals surface area (Å²) in [5.74, 6) is -0.369. The Balaban J connectivity index is 1.77. The predicted octanol–water partition coefficient (Wildman–Crippen LogP) is 6.39. The summed E-state index contributed by atoms with van der Waals surface area (Å²) >= 11 is 12.1. The summed E-state index contributed by atoms with van der Waals surface area (Å²) < 4.78 is 0. The third-order valence-electron chi connectivity index (χ3n) is 4.86. The van der Waals surface area contributed by atoms with E-state index in [1.54, 1.807) is 24.3 Å². The number of nitrogens with zero attached hydrogens (tertiary/aromatic N) is 1. The number of benzene rings is 3. The van der Waals surface area contributed by atoms with Crippen LogP contribution in [0.1, 0.15) is 40.9 Å². The predicted molar refractivity (Wildman–Crippen MR) is 124 cm³/mol. The van der Waals surface area contributed by atoms with Gasteiger partial charge in [-0.05, 0) is 41.8 Å². The minimum atomic E-state index is -0.517. The normalized spacial score (nSPS) is 11.6. The van der Waals surface area contributed by atoms with Gasteiger partial charge in [0.2, 0.25) is 0 Å². The molecule has 8 heteroatoms. The second kappa shape index (κ2) is 10.3. The molecule has 0 heterocycles. The van der Waals surface area contributed by atoms with Crippen molar-refractivity contribution in [1.82, 2.24) is 5.32 Å². The van der Waals surface area contributed by atoms with Crippen molar-refractivity contribution in [2.45, 2.75) is 25.9 Å². The molecule has 2 N–H and O–H groups in total. The van der Waals surface area contributed by atoms with Gasteiger partial charge in [0.25, 0.3) is 11.6 Å². The van der Waals surface area contributed by atoms with Gasteiger partial charge in [0.15, 0.2) is 0 Å². The third kappa shape index (κ3) is 5.75. The van der Waals surface area contributed by atoms with Crippen molar-refractivity contribution in [3.8, 4) is 0 Å². The fourth-order valence-electron chi connectivity index (χ4n) is 3.18. The van der Waals surface area contributed by atoms with E-state index in [-0.39, 0.29) is 29.7 Å². The Morgan fingerprint density at radius 2 is 1.81 bits per heavy atom. The zero-order chi connectivity index (χ0) is 22.4. The van der Waals surface area contributed by atoms with Crippen molar-refractivity contribution in [1.29, 1.82) is 0 Å². The lowest BCUT2D eigenvalue weighted by atomic mass is 10.0. The maximum Gasteiger partial charge on any atom is 0.293 e. The van der Waals surface area contributed by atoms with Gasteiger partial charge in [0.05, 0.1) is 11.0 Å². The van der Waals surface area contributed by atoms with Crippen LogP contribution < -0.4 is 10.6 Å². The standard InChI is InChI=1S/C23H21Cl2N3O3/c1-2-20(15-6-4-3-5-7-15)27-23(29)16-9-11-21(22(12-16)28(30)31)26-14-17-8-10-18(24)13-19(17)25/h3-13,20,26H,2,14H2,1H3,(H,27,29)/t20-/m1/s1. The number of hydrogen-bond acceptors (Lipinski definition) is 4. The Labute approximate surface area is 190 Å². The molecule has 0 fully saturated rings. The Kier molecular flexibility index (Phi) is 7.50. The average Bonchev–Trinajstić information content (AvgIpc) is 2.77. The van der Waals surface area contributed by atoms with Crippen LogP contribution in [0.4, 0.5) is 11.4 Å². The van der Waals surface area contributed by atoms with Crippen LogP contribution in [0.5, 0.6) is 0 Å². The maximum absolute atomic E-state index is 12.7. The van der Waals surface area contributed by atoms with Gasteiger partial charge in [-0.3, -0.25) is 14.9 Å². The first-order chi connectivity index (χ1) is 14.9. The molecule has 160 valence electrons. The van der Waals surface area contributed by atoms with Gasteiger partial charge < -0.3 is 10.6 Å². The maximum atomic E-state index is 12.7. The molecule has 0 unspecified atom stereocenters. The Hall–Kier alpha value is -3.09. The Bertz CT molecular complexity index is 1090. The van der Waals surface area contributed by atoms with Crippen molar-refractivity contribution in [2.24, 2.45) is 0 Å². The van der Waals surface area contributed by atoms with Crippen LogP contribution in [0.15, 0.2) is 66.7 Å². The van der Waals surface area contributed by atoms with E-state index in [1.807, 2.05) is 37.3 Å². The van der Waals surface area contributed by atoms with Crippen molar-refractivity contribution >= 4 is 40.5 Å². The molecule has 31 heavy (non-hydrogen) atoms. The zero-order valence-corrected chi connectivity index (χ0v) is 18.3. The highest BCUT2D eigenvalue weighted by Gasteiger charge is 2.20. The van der Waals surface area contributed by atoms with Crippen LogP contribution in [-0.2, 0) is 6.54 Å². The molecule has 0 bridgehead atoms. The molecular weight excluding hydrogens is 437 g/mol. The number of anilines is 1. The number of amides is 1. The molecule has 1 atom stereocenters. The molecule has 3 rings (SSSR count). The van der Waals surface area contributed by atoms with Crippen molar-refractivity contribution < 1.29 is 9.72 Å². The van der Waals surface area contributed by atoms with Gasteiger partial charge in [-0.2, -0.15) is 0 Å². The van der Waals surface area contributed by atoms with Crippen molar-refractivity contribution in [2.75, 3.05) is 5.32 Å². The molecule has 3 aromatic carbocycles. The number of nitro benzene ring substituents is 1. The Morgan fingerprint density at radius 3 is 2.45 bits per heavy atom. The molecule has 6 nitrogen and oxygen atoms in total. The van der Waals surface area contributed by atoms with Crippen LogP contribution in [-0.4, -0.2) is 10.8 Å². The minimum Gasteiger partial charge on any atom is -0.375 e. The highest BCUT2D eigenvalue weighted by molar-refractivity contribution is 6.35. The monoisotopic (exact) mass is 457 g/mol. The van der Waals surface area contributed by atoms with E-state index < -0.39 is 4.92 Å². The molecule has 0 aliphatic rings. The van der Waals surface area contributed by atoms with Gasteiger partial charge in [0.1, 0.15) is 5.69 Å². The lowest BCUT2D eigenvalue weighted by molar-refractivity contribution is -0.384. The number of hydrogen-bond donors (Lipinski definition) is 2. The summed E-state index contributed by atoms with van der Waals surface area (Å²) in [4.78, 5) is 23.8. The molecule has 0 aliphatic heterocycles. The van der Waals surface area contributed by atoms with E-state index in [0.717, 1.165) is 11.1 Å². The summed E-state index contributed by atoms with van der Waals surface area (Å²) in [5.41, 5.74) is 2.05. The van der Waals surface area contributed by atoms with Gasteiger partial charge in [0, 0.05) is 28.2 Å². The van der Waals surface area contributed by atoms with Crippen molar-refractivity contribution in [3.63, 3.8) is 0 Å². The first kappa shape index (κ1) is 22.6. The topological polar surface area (TPSA) is 84.3 Å². The van der Waals surface area contributed by atoms with E-state index in [0.29, 0.717) is 22.2 Å². The smallest absolute Gasteiger partial charge is 0.293 e. The summed E-state index contributed by atoms with van der Waals surface area (Å²) in [6.07, 6.45) is 0.694. The molecule has 0 aliphatic carbocycles. The number of nitro groups is 1. The van der Waals surface area contributed by atoms with E-state index in [4.69, 9.17) is 23.2 Å². The first-order valence-corrected chi connectivity index (χ1v) is 10.5. The summed E-state index contributed by atoms with van der Waals surface area (Å²) in [6, 6.07) is 18.8. The van der Waals surface area contributed by atoms with Gasteiger partial charge >= 0.3 is 0 Å². The number of carbonyl (C=O) groups excluding carboxylic acids is 1. The quantitative estimate of drug-likeness (QED) is 0.302. The molecular formula is C23H21Cl2N3O3. The van der Waals surface area contributed by atoms with Crippen LogP contribution in [0, 0.1) is 10.1 Å². The number of carbonyl (C=O) groups is 1. The van der Waals surface area contributed by atoms with Gasteiger partial charge in [-0.15, -0.1) is 0 Å². The van der Waals surface area contributed by atoms with Crippen LogP contribution >= 0.6 is 23.2 Å². The average molecular weight is 458 g/mol. The number of rotatable bonds is 8. The van der Waals surface area contributed by atoms with Crippen LogP contribution in [0.2, 0.25) is 10.0 Å². The summed E-state index contributed by atoms with van der Waals surface area (Å²) in [6.45, 7) is 2.24. The second-order valence-electron chi connectivity index (χ2n) is 6.92. The van der Waals surface area contributed by atoms with E-state index in [9.17, 15) is 14.9 Å². The fraction of sp³-hybridized carbons (Fsp3) is 0.174. The van der Waals surface area contributed by atoms with Crippen LogP contribution in [0.3, 0.4) is 0 Å². The first-order valence-electron chi connectivity index (χ1n) is 9.71. The molecule has 0 radical (unpaired) electrons. The van der Waals surface area contributed by atoms with Crippen LogP contribution in [0.25, 0.3) is 0 Å². The minimum absolute atomic E-state index is 0.183. The summed E-state index contributed by atoms with van der Waals surface area (Å²) in [7, 11) is 0. The van der Waals surface area contributed by atoms with E-state index in [2.05, 4.69) is 10.6 Å². The molecule has 3 aromatic rings. The molecule has 1 amide bonds. The fourth-order valence-corrected chi connectivity index (χ4v) is 3.65. The van der Waals surface area contributed by atoms with Gasteiger partial charge in [-0.25, -0.2) is 0 Å². The third-order valence-corrected chi connectivity index (χ3v) is 5.44. The highest BCUT2D eigenvalue weighted by atomic mass is 35.5. The van der Waals surface area contributed by atoms with Crippen molar-refractivity contribution in [3.05, 3.63) is 104 Å².